The molecule has 0 aromatic carbocycles. The van der Waals surface area contributed by atoms with E-state index in [1.54, 1.807) is 6.92 Å². The van der Waals surface area contributed by atoms with Crippen LogP contribution >= 0.6 is 0 Å². The van der Waals surface area contributed by atoms with Crippen LogP contribution in [-0.2, 0) is 14.4 Å². The highest BCUT2D eigenvalue weighted by molar-refractivity contribution is 5.93. The summed E-state index contributed by atoms with van der Waals surface area (Å²) in [6.07, 6.45) is 1.18. The molecular formula is C7H11NO3. The molecule has 4 heteroatoms. The monoisotopic (exact) mass is 157 g/mol. The van der Waals surface area contributed by atoms with Crippen molar-refractivity contribution in [1.29, 1.82) is 0 Å². The molecule has 0 fully saturated rings. The third-order valence-corrected chi connectivity index (χ3v) is 1.29. The molecule has 2 N–H and O–H groups in total. The van der Waals surface area contributed by atoms with Gasteiger partial charge in [-0.15, -0.1) is 0 Å². The van der Waals surface area contributed by atoms with Crippen LogP contribution in [0.2, 0.25) is 0 Å². The van der Waals surface area contributed by atoms with Crippen LogP contribution in [0.1, 0.15) is 13.3 Å². The van der Waals surface area contributed by atoms with Gasteiger partial charge in [-0.25, -0.2) is 0 Å². The quantitative estimate of drug-likeness (QED) is 0.467. The van der Waals surface area contributed by atoms with E-state index in [2.05, 4.69) is 17.3 Å². The molecule has 0 aromatic heterocycles. The van der Waals surface area contributed by atoms with E-state index >= 15 is 0 Å². The number of ketones is 1. The molecule has 11 heavy (non-hydrogen) atoms. The molecule has 0 heterocycles. The third kappa shape index (κ3) is 3.52. The summed E-state index contributed by atoms with van der Waals surface area (Å²) in [6.45, 7) is 4.89. The number of carbonyl (C=O) groups is 2. The van der Waals surface area contributed by atoms with Crippen LogP contribution in [-0.4, -0.2) is 11.8 Å². The largest absolute Gasteiger partial charge is 0.373 e. The van der Waals surface area contributed by atoms with Crippen molar-refractivity contribution in [3.63, 3.8) is 0 Å². The van der Waals surface area contributed by atoms with Crippen molar-refractivity contribution in [3.05, 3.63) is 12.7 Å². The topological polar surface area (TPSA) is 69.4 Å². The van der Waals surface area contributed by atoms with Gasteiger partial charge >= 0.3 is 5.97 Å². The zero-order valence-corrected chi connectivity index (χ0v) is 6.37. The van der Waals surface area contributed by atoms with Gasteiger partial charge in [-0.1, -0.05) is 13.5 Å². The maximum atomic E-state index is 10.8. The van der Waals surface area contributed by atoms with Crippen LogP contribution in [0.5, 0.6) is 0 Å². The zero-order valence-electron chi connectivity index (χ0n) is 6.37. The van der Waals surface area contributed by atoms with Crippen LogP contribution in [0.15, 0.2) is 12.7 Å². The number of hydrogen-bond acceptors (Lipinski definition) is 4. The Morgan fingerprint density at radius 2 is 2.27 bits per heavy atom. The van der Waals surface area contributed by atoms with Gasteiger partial charge in [0.1, 0.15) is 0 Å². The maximum absolute atomic E-state index is 10.8. The molecule has 0 aliphatic rings. The molecule has 0 amide bonds. The Morgan fingerprint density at radius 1 is 1.73 bits per heavy atom. The summed E-state index contributed by atoms with van der Waals surface area (Å²) in [6, 6.07) is 0. The highest BCUT2D eigenvalue weighted by Gasteiger charge is 2.14. The fourth-order valence-corrected chi connectivity index (χ4v) is 0.600. The Kier molecular flexibility index (Phi) is 4.14. The summed E-state index contributed by atoms with van der Waals surface area (Å²) >= 11 is 0. The van der Waals surface area contributed by atoms with Gasteiger partial charge in [0, 0.05) is 5.92 Å². The van der Waals surface area contributed by atoms with Gasteiger partial charge in [0.15, 0.2) is 5.78 Å². The Labute approximate surface area is 65.0 Å². The smallest absolute Gasteiger partial charge is 0.325 e. The average Bonchev–Trinajstić information content (AvgIpc) is 2.02. The number of hydrogen-bond donors (Lipinski definition) is 1. The van der Waals surface area contributed by atoms with E-state index in [0.717, 1.165) is 0 Å². The molecule has 1 unspecified atom stereocenters. The molecule has 62 valence electrons. The molecule has 0 aliphatic heterocycles. The lowest BCUT2D eigenvalue weighted by Gasteiger charge is -2.03. The van der Waals surface area contributed by atoms with Crippen LogP contribution < -0.4 is 5.90 Å². The fourth-order valence-electron chi connectivity index (χ4n) is 0.600. The normalized spacial score (nSPS) is 11.8. The van der Waals surface area contributed by atoms with Crippen LogP contribution in [0, 0.1) is 5.92 Å². The van der Waals surface area contributed by atoms with Gasteiger partial charge in [-0.05, 0) is 6.08 Å². The standard InChI is InChI=1S/C7H11NO3/c1-3-6(9)5(2)4-7(10)11-8/h3,5H,1,4,8H2,2H3. The predicted molar refractivity (Wildman–Crippen MR) is 39.3 cm³/mol. The molecule has 0 saturated carbocycles. The SMILES string of the molecule is C=CC(=O)C(C)CC(=O)ON. The first kappa shape index (κ1) is 9.84. The van der Waals surface area contributed by atoms with E-state index in [4.69, 9.17) is 0 Å². The number of allylic oxidation sites excluding steroid dienone is 1. The predicted octanol–water partition coefficient (Wildman–Crippen LogP) is 0.185. The van der Waals surface area contributed by atoms with Gasteiger partial charge < -0.3 is 4.84 Å². The molecule has 0 aliphatic carbocycles. The average molecular weight is 157 g/mol. The first-order chi connectivity index (χ1) is 5.11. The van der Waals surface area contributed by atoms with Gasteiger partial charge in [0.2, 0.25) is 0 Å². The molecular weight excluding hydrogens is 146 g/mol. The van der Waals surface area contributed by atoms with E-state index in [1.807, 2.05) is 0 Å². The molecule has 0 bridgehead atoms. The summed E-state index contributed by atoms with van der Waals surface area (Å²) < 4.78 is 0. The summed E-state index contributed by atoms with van der Waals surface area (Å²) in [4.78, 5) is 25.2. The second kappa shape index (κ2) is 4.62. The second-order valence-corrected chi connectivity index (χ2v) is 2.20. The highest BCUT2D eigenvalue weighted by atomic mass is 16.7. The zero-order chi connectivity index (χ0) is 8.85. The van der Waals surface area contributed by atoms with E-state index in [-0.39, 0.29) is 12.2 Å². The molecule has 0 aromatic rings. The minimum atomic E-state index is -0.590. The fraction of sp³-hybridized carbons (Fsp3) is 0.429. The van der Waals surface area contributed by atoms with E-state index < -0.39 is 11.9 Å². The van der Waals surface area contributed by atoms with Gasteiger partial charge in [-0.2, -0.15) is 5.90 Å². The molecule has 1 atom stereocenters. The number of nitrogens with two attached hydrogens (primary N) is 1. The molecule has 0 radical (unpaired) electrons. The summed E-state index contributed by atoms with van der Waals surface area (Å²) in [5, 5.41) is 0. The van der Waals surface area contributed by atoms with Crippen molar-refractivity contribution in [1.82, 2.24) is 0 Å². The van der Waals surface area contributed by atoms with Crippen molar-refractivity contribution >= 4 is 11.8 Å². The maximum Gasteiger partial charge on any atom is 0.325 e. The Hall–Kier alpha value is -1.16. The minimum absolute atomic E-state index is 0.00134. The minimum Gasteiger partial charge on any atom is -0.373 e. The van der Waals surface area contributed by atoms with E-state index in [9.17, 15) is 9.59 Å². The van der Waals surface area contributed by atoms with Crippen molar-refractivity contribution in [2.45, 2.75) is 13.3 Å². The summed E-state index contributed by atoms with van der Waals surface area (Å²) in [5.74, 6) is 3.40. The second-order valence-electron chi connectivity index (χ2n) is 2.20. The van der Waals surface area contributed by atoms with Crippen LogP contribution in [0.25, 0.3) is 0 Å². The Balaban J connectivity index is 3.86. The lowest BCUT2D eigenvalue weighted by atomic mass is 10.0. The van der Waals surface area contributed by atoms with Gasteiger partial charge in [0.05, 0.1) is 6.42 Å². The first-order valence-corrected chi connectivity index (χ1v) is 3.17. The lowest BCUT2D eigenvalue weighted by molar-refractivity contribution is -0.146. The number of carbonyl (C=O) groups excluding carboxylic acids is 2. The highest BCUT2D eigenvalue weighted by Crippen LogP contribution is 2.04. The lowest BCUT2D eigenvalue weighted by Crippen LogP contribution is -2.17. The van der Waals surface area contributed by atoms with Crippen molar-refractivity contribution in [3.8, 4) is 0 Å². The molecule has 0 saturated heterocycles. The van der Waals surface area contributed by atoms with E-state index in [0.29, 0.717) is 0 Å². The van der Waals surface area contributed by atoms with Crippen molar-refractivity contribution < 1.29 is 14.4 Å². The summed E-state index contributed by atoms with van der Waals surface area (Å²) in [5.41, 5.74) is 0. The van der Waals surface area contributed by atoms with Gasteiger partial charge in [0.25, 0.3) is 0 Å². The number of rotatable bonds is 4. The molecule has 0 spiro atoms. The first-order valence-electron chi connectivity index (χ1n) is 3.17. The summed E-state index contributed by atoms with van der Waals surface area (Å²) in [7, 11) is 0. The third-order valence-electron chi connectivity index (χ3n) is 1.29. The van der Waals surface area contributed by atoms with Crippen molar-refractivity contribution in [2.75, 3.05) is 0 Å². The van der Waals surface area contributed by atoms with Crippen molar-refractivity contribution in [2.24, 2.45) is 11.8 Å². The Morgan fingerprint density at radius 3 is 2.64 bits per heavy atom. The Bertz CT molecular complexity index is 177. The molecule has 4 nitrogen and oxygen atoms in total. The van der Waals surface area contributed by atoms with Gasteiger partial charge in [-0.3, -0.25) is 9.59 Å². The van der Waals surface area contributed by atoms with Crippen LogP contribution in [0.4, 0.5) is 0 Å². The molecule has 0 rings (SSSR count). The van der Waals surface area contributed by atoms with Crippen LogP contribution in [0.3, 0.4) is 0 Å². The van der Waals surface area contributed by atoms with E-state index in [1.165, 1.54) is 6.08 Å².